The Morgan fingerprint density at radius 3 is 2.53 bits per heavy atom. The minimum atomic E-state index is 0.211. The number of hydrogen-bond acceptors (Lipinski definition) is 2. The molecule has 0 radical (unpaired) electrons. The molecule has 1 spiro atoms. The Hall–Kier alpha value is -0.860. The normalized spacial score (nSPS) is 31.8. The van der Waals surface area contributed by atoms with E-state index in [-0.39, 0.29) is 11.6 Å². The van der Waals surface area contributed by atoms with Gasteiger partial charge in [0.15, 0.2) is 0 Å². The molecule has 92 valence electrons. The summed E-state index contributed by atoms with van der Waals surface area (Å²) in [5.41, 5.74) is 1.57. The number of benzene rings is 1. The summed E-state index contributed by atoms with van der Waals surface area (Å²) < 4.78 is 6.15. The molecule has 1 saturated carbocycles. The van der Waals surface area contributed by atoms with Crippen molar-refractivity contribution < 1.29 is 4.74 Å². The highest BCUT2D eigenvalue weighted by Crippen LogP contribution is 2.37. The first-order valence-corrected chi connectivity index (χ1v) is 6.73. The van der Waals surface area contributed by atoms with Crippen molar-refractivity contribution in [3.8, 4) is 0 Å². The molecular formula is C15H21NO. The number of ether oxygens (including phenoxy) is 1. The molecule has 0 unspecified atom stereocenters. The highest BCUT2D eigenvalue weighted by molar-refractivity contribution is 5.20. The summed E-state index contributed by atoms with van der Waals surface area (Å²) in [6, 6.07) is 11.0. The molecule has 0 bridgehead atoms. The number of hydrogen-bond donors (Lipinski definition) is 1. The molecular weight excluding hydrogens is 210 g/mol. The molecule has 17 heavy (non-hydrogen) atoms. The monoisotopic (exact) mass is 231 g/mol. The van der Waals surface area contributed by atoms with Crippen molar-refractivity contribution in [1.29, 1.82) is 0 Å². The summed E-state index contributed by atoms with van der Waals surface area (Å²) >= 11 is 0. The van der Waals surface area contributed by atoms with Crippen LogP contribution in [0.25, 0.3) is 0 Å². The Kier molecular flexibility index (Phi) is 2.93. The maximum atomic E-state index is 6.15. The molecule has 3 rings (SSSR count). The second-order valence-electron chi connectivity index (χ2n) is 5.56. The van der Waals surface area contributed by atoms with Crippen LogP contribution in [0.15, 0.2) is 30.3 Å². The maximum Gasteiger partial charge on any atom is 0.0976 e. The highest BCUT2D eigenvalue weighted by atomic mass is 16.5. The zero-order chi connectivity index (χ0) is 11.7. The van der Waals surface area contributed by atoms with Gasteiger partial charge in [0.25, 0.3) is 0 Å². The number of rotatable bonds is 1. The fourth-order valence-electron chi connectivity index (χ4n) is 3.36. The summed E-state index contributed by atoms with van der Waals surface area (Å²) in [6.45, 7) is 3.12. The van der Waals surface area contributed by atoms with E-state index in [1.54, 1.807) is 0 Å². The largest absolute Gasteiger partial charge is 0.370 e. The fourth-order valence-corrected chi connectivity index (χ4v) is 3.36. The third-order valence-corrected chi connectivity index (χ3v) is 4.22. The van der Waals surface area contributed by atoms with E-state index in [9.17, 15) is 0 Å². The lowest BCUT2D eigenvalue weighted by Crippen LogP contribution is -2.57. The first-order chi connectivity index (χ1) is 8.29. The lowest BCUT2D eigenvalue weighted by atomic mass is 9.91. The molecule has 1 N–H and O–H groups in total. The average molecular weight is 231 g/mol. The van der Waals surface area contributed by atoms with Crippen LogP contribution >= 0.6 is 0 Å². The summed E-state index contributed by atoms with van der Waals surface area (Å²) in [5, 5.41) is 3.82. The van der Waals surface area contributed by atoms with Crippen molar-refractivity contribution in [3.05, 3.63) is 35.9 Å². The van der Waals surface area contributed by atoms with E-state index in [2.05, 4.69) is 42.6 Å². The van der Waals surface area contributed by atoms with Crippen molar-refractivity contribution in [1.82, 2.24) is 5.32 Å². The summed E-state index contributed by atoms with van der Waals surface area (Å²) in [6.07, 6.45) is 5.46. The zero-order valence-corrected chi connectivity index (χ0v) is 10.5. The van der Waals surface area contributed by atoms with Crippen molar-refractivity contribution in [2.45, 2.75) is 50.3 Å². The summed E-state index contributed by atoms with van der Waals surface area (Å²) in [7, 11) is 0. The van der Waals surface area contributed by atoms with Gasteiger partial charge in [-0.05, 0) is 25.3 Å². The molecule has 2 heteroatoms. The minimum absolute atomic E-state index is 0.211. The van der Waals surface area contributed by atoms with E-state index >= 15 is 0 Å². The van der Waals surface area contributed by atoms with Crippen molar-refractivity contribution >= 4 is 0 Å². The summed E-state index contributed by atoms with van der Waals surface area (Å²) in [5.74, 6) is 0. The predicted octanol–water partition coefficient (Wildman–Crippen LogP) is 3.05. The maximum absolute atomic E-state index is 6.15. The molecule has 0 amide bonds. The van der Waals surface area contributed by atoms with Gasteiger partial charge < -0.3 is 10.1 Å². The van der Waals surface area contributed by atoms with E-state index in [0.717, 1.165) is 6.61 Å². The standard InChI is InChI=1S/C15H21NO/c1-12-14(13-7-3-2-4-8-13)17-11-15(16-12)9-5-6-10-15/h2-4,7-8,12,14,16H,5-6,9-11H2,1H3/t12-,14+/m0/s1. The third kappa shape index (κ3) is 2.12. The van der Waals surface area contributed by atoms with Gasteiger partial charge >= 0.3 is 0 Å². The minimum Gasteiger partial charge on any atom is -0.370 e. The molecule has 2 aliphatic rings. The first kappa shape index (κ1) is 11.2. The molecule has 1 saturated heterocycles. The Morgan fingerprint density at radius 1 is 1.18 bits per heavy atom. The Morgan fingerprint density at radius 2 is 1.88 bits per heavy atom. The van der Waals surface area contributed by atoms with Crippen LogP contribution in [0.5, 0.6) is 0 Å². The fraction of sp³-hybridized carbons (Fsp3) is 0.600. The molecule has 0 aromatic heterocycles. The number of morpholine rings is 1. The van der Waals surface area contributed by atoms with E-state index in [0.29, 0.717) is 6.04 Å². The van der Waals surface area contributed by atoms with Gasteiger partial charge in [-0.3, -0.25) is 0 Å². The first-order valence-electron chi connectivity index (χ1n) is 6.73. The van der Waals surface area contributed by atoms with Crippen molar-refractivity contribution in [3.63, 3.8) is 0 Å². The molecule has 1 aliphatic heterocycles. The SMILES string of the molecule is C[C@@H]1NC2(CCCC2)CO[C@H]1c1ccccc1. The van der Waals surface area contributed by atoms with Crippen LogP contribution < -0.4 is 5.32 Å². The van der Waals surface area contributed by atoms with Gasteiger partial charge in [-0.1, -0.05) is 43.2 Å². The molecule has 2 nitrogen and oxygen atoms in total. The highest BCUT2D eigenvalue weighted by Gasteiger charge is 2.41. The molecule has 2 fully saturated rings. The van der Waals surface area contributed by atoms with Crippen LogP contribution in [0.1, 0.15) is 44.3 Å². The topological polar surface area (TPSA) is 21.3 Å². The van der Waals surface area contributed by atoms with Gasteiger partial charge in [-0.15, -0.1) is 0 Å². The molecule has 1 aliphatic carbocycles. The summed E-state index contributed by atoms with van der Waals surface area (Å²) in [4.78, 5) is 0. The zero-order valence-electron chi connectivity index (χ0n) is 10.5. The number of nitrogens with one attached hydrogen (secondary N) is 1. The molecule has 1 aromatic carbocycles. The van der Waals surface area contributed by atoms with Crippen LogP contribution in [-0.4, -0.2) is 18.2 Å². The second kappa shape index (κ2) is 4.43. The molecule has 1 aromatic rings. The predicted molar refractivity (Wildman–Crippen MR) is 68.9 cm³/mol. The van der Waals surface area contributed by atoms with Crippen LogP contribution in [0.4, 0.5) is 0 Å². The molecule has 2 atom stereocenters. The second-order valence-corrected chi connectivity index (χ2v) is 5.56. The van der Waals surface area contributed by atoms with Gasteiger partial charge in [0.05, 0.1) is 12.7 Å². The lowest BCUT2D eigenvalue weighted by Gasteiger charge is -2.43. The van der Waals surface area contributed by atoms with Gasteiger partial charge in [0.1, 0.15) is 0 Å². The van der Waals surface area contributed by atoms with E-state index in [1.807, 2.05) is 0 Å². The van der Waals surface area contributed by atoms with Crippen molar-refractivity contribution in [2.75, 3.05) is 6.61 Å². The van der Waals surface area contributed by atoms with E-state index in [1.165, 1.54) is 31.2 Å². The van der Waals surface area contributed by atoms with Crippen LogP contribution in [0.3, 0.4) is 0 Å². The van der Waals surface area contributed by atoms with E-state index in [4.69, 9.17) is 4.74 Å². The Balaban J connectivity index is 1.74. The lowest BCUT2D eigenvalue weighted by molar-refractivity contribution is -0.0587. The van der Waals surface area contributed by atoms with E-state index < -0.39 is 0 Å². The van der Waals surface area contributed by atoms with Gasteiger partial charge in [0, 0.05) is 11.6 Å². The Bertz CT molecular complexity index is 370. The average Bonchev–Trinajstić information content (AvgIpc) is 2.79. The smallest absolute Gasteiger partial charge is 0.0976 e. The van der Waals surface area contributed by atoms with Gasteiger partial charge in [-0.25, -0.2) is 0 Å². The van der Waals surface area contributed by atoms with Crippen molar-refractivity contribution in [2.24, 2.45) is 0 Å². The molecule has 1 heterocycles. The van der Waals surface area contributed by atoms with Gasteiger partial charge in [-0.2, -0.15) is 0 Å². The van der Waals surface area contributed by atoms with Crippen LogP contribution in [-0.2, 0) is 4.74 Å². The van der Waals surface area contributed by atoms with Crippen LogP contribution in [0, 0.1) is 0 Å². The Labute approximate surface area is 103 Å². The van der Waals surface area contributed by atoms with Gasteiger partial charge in [0.2, 0.25) is 0 Å². The third-order valence-electron chi connectivity index (χ3n) is 4.22. The van der Waals surface area contributed by atoms with Crippen LogP contribution in [0.2, 0.25) is 0 Å². The quantitative estimate of drug-likeness (QED) is 0.802.